The zero-order valence-corrected chi connectivity index (χ0v) is 20.7. The summed E-state index contributed by atoms with van der Waals surface area (Å²) in [6, 6.07) is 16.4. The third-order valence-corrected chi connectivity index (χ3v) is 6.64. The van der Waals surface area contributed by atoms with Gasteiger partial charge in [-0.15, -0.1) is 0 Å². The maximum atomic E-state index is 13.2. The van der Waals surface area contributed by atoms with Crippen LogP contribution in [0.2, 0.25) is 0 Å². The van der Waals surface area contributed by atoms with Gasteiger partial charge < -0.3 is 16.0 Å². The topological polar surface area (TPSA) is 93.3 Å². The molecule has 2 amide bonds. The average Bonchev–Trinajstić information content (AvgIpc) is 3.27. The number of benzene rings is 2. The fraction of sp³-hybridized carbons (Fsp3) is 0.393. The molecule has 3 N–H and O–H groups in total. The number of aryl methyl sites for hydroxylation is 2. The van der Waals surface area contributed by atoms with Gasteiger partial charge in [-0.05, 0) is 51.8 Å². The van der Waals surface area contributed by atoms with E-state index in [9.17, 15) is 9.59 Å². The number of hydrogen-bond donors (Lipinski definition) is 2. The SMILES string of the molecule is Cc1ccc(Cn2cc(C(=O)NCCCN3CCCC(C(N)=O)C3)c(-c3ccc(C)cc3)n2)cc1. The van der Waals surface area contributed by atoms with E-state index in [2.05, 4.69) is 41.4 Å². The van der Waals surface area contributed by atoms with Crippen LogP contribution in [0.25, 0.3) is 11.3 Å². The second-order valence-corrected chi connectivity index (χ2v) is 9.59. The predicted octanol–water partition coefficient (Wildman–Crippen LogP) is 3.53. The lowest BCUT2D eigenvalue weighted by atomic mass is 9.97. The molecule has 1 atom stereocenters. The number of amides is 2. The molecule has 2 heterocycles. The maximum Gasteiger partial charge on any atom is 0.255 e. The van der Waals surface area contributed by atoms with Crippen LogP contribution in [0.15, 0.2) is 54.7 Å². The Labute approximate surface area is 207 Å². The lowest BCUT2D eigenvalue weighted by molar-refractivity contribution is -0.123. The van der Waals surface area contributed by atoms with Crippen LogP contribution in [0.4, 0.5) is 0 Å². The number of rotatable bonds is 9. The first kappa shape index (κ1) is 24.7. The molecule has 0 aliphatic carbocycles. The van der Waals surface area contributed by atoms with Crippen LogP contribution >= 0.6 is 0 Å². The van der Waals surface area contributed by atoms with Crippen molar-refractivity contribution < 1.29 is 9.59 Å². The minimum atomic E-state index is -0.214. The number of carbonyl (C=O) groups is 2. The fourth-order valence-corrected chi connectivity index (χ4v) is 4.56. The molecule has 0 bridgehead atoms. The summed E-state index contributed by atoms with van der Waals surface area (Å²) in [6.07, 6.45) is 4.51. The third kappa shape index (κ3) is 6.57. The fourth-order valence-electron chi connectivity index (χ4n) is 4.56. The first-order valence-electron chi connectivity index (χ1n) is 12.4. The van der Waals surface area contributed by atoms with Crippen LogP contribution in [-0.2, 0) is 11.3 Å². The molecule has 7 nitrogen and oxygen atoms in total. The Hall–Kier alpha value is -3.45. The van der Waals surface area contributed by atoms with Crippen molar-refractivity contribution in [3.8, 4) is 11.3 Å². The van der Waals surface area contributed by atoms with E-state index in [-0.39, 0.29) is 17.7 Å². The molecule has 2 aromatic carbocycles. The number of hydrogen-bond acceptors (Lipinski definition) is 4. The van der Waals surface area contributed by atoms with Crippen molar-refractivity contribution in [2.24, 2.45) is 11.7 Å². The number of likely N-dealkylation sites (tertiary alicyclic amines) is 1. The molecule has 1 unspecified atom stereocenters. The Morgan fingerprint density at radius 3 is 2.43 bits per heavy atom. The summed E-state index contributed by atoms with van der Waals surface area (Å²) in [7, 11) is 0. The van der Waals surface area contributed by atoms with Gasteiger partial charge >= 0.3 is 0 Å². The zero-order valence-electron chi connectivity index (χ0n) is 20.7. The van der Waals surface area contributed by atoms with E-state index in [1.165, 1.54) is 5.56 Å². The lowest BCUT2D eigenvalue weighted by Gasteiger charge is -2.31. The summed E-state index contributed by atoms with van der Waals surface area (Å²) in [4.78, 5) is 26.9. The first-order valence-corrected chi connectivity index (χ1v) is 12.4. The summed E-state index contributed by atoms with van der Waals surface area (Å²) in [5.74, 6) is -0.395. The molecule has 0 saturated carbocycles. The number of primary amides is 1. The predicted molar refractivity (Wildman–Crippen MR) is 138 cm³/mol. The van der Waals surface area contributed by atoms with Crippen molar-refractivity contribution in [3.63, 3.8) is 0 Å². The minimum absolute atomic E-state index is 0.0604. The molecular formula is C28H35N5O2. The van der Waals surface area contributed by atoms with Crippen molar-refractivity contribution in [1.29, 1.82) is 0 Å². The van der Waals surface area contributed by atoms with E-state index in [4.69, 9.17) is 10.8 Å². The van der Waals surface area contributed by atoms with Crippen molar-refractivity contribution >= 4 is 11.8 Å². The van der Waals surface area contributed by atoms with Gasteiger partial charge in [0.05, 0.1) is 18.0 Å². The summed E-state index contributed by atoms with van der Waals surface area (Å²) >= 11 is 0. The molecule has 184 valence electrons. The Morgan fingerprint density at radius 2 is 1.74 bits per heavy atom. The number of carbonyl (C=O) groups excluding carboxylic acids is 2. The smallest absolute Gasteiger partial charge is 0.255 e. The van der Waals surface area contributed by atoms with Gasteiger partial charge in [0.2, 0.25) is 5.91 Å². The second-order valence-electron chi connectivity index (χ2n) is 9.59. The molecule has 1 saturated heterocycles. The van der Waals surface area contributed by atoms with E-state index in [0.717, 1.165) is 49.0 Å². The van der Waals surface area contributed by atoms with Crippen LogP contribution in [0, 0.1) is 19.8 Å². The van der Waals surface area contributed by atoms with Gasteiger partial charge in [0, 0.05) is 24.8 Å². The van der Waals surface area contributed by atoms with E-state index >= 15 is 0 Å². The number of nitrogens with zero attached hydrogens (tertiary/aromatic N) is 3. The highest BCUT2D eigenvalue weighted by Gasteiger charge is 2.23. The number of nitrogens with two attached hydrogens (primary N) is 1. The minimum Gasteiger partial charge on any atom is -0.369 e. The van der Waals surface area contributed by atoms with Crippen LogP contribution in [-0.4, -0.2) is 52.7 Å². The molecule has 4 rings (SSSR count). The summed E-state index contributed by atoms with van der Waals surface area (Å²) in [5, 5.41) is 7.85. The van der Waals surface area contributed by atoms with Crippen LogP contribution in [0.1, 0.15) is 46.3 Å². The molecule has 35 heavy (non-hydrogen) atoms. The Kier molecular flexibility index (Phi) is 7.98. The molecule has 7 heteroatoms. The van der Waals surface area contributed by atoms with E-state index in [1.807, 2.05) is 42.1 Å². The largest absolute Gasteiger partial charge is 0.369 e. The van der Waals surface area contributed by atoms with Crippen molar-refractivity contribution in [2.75, 3.05) is 26.2 Å². The Morgan fingerprint density at radius 1 is 1.06 bits per heavy atom. The highest BCUT2D eigenvalue weighted by Crippen LogP contribution is 2.23. The zero-order chi connectivity index (χ0) is 24.8. The van der Waals surface area contributed by atoms with E-state index in [1.54, 1.807) is 0 Å². The van der Waals surface area contributed by atoms with E-state index < -0.39 is 0 Å². The standard InChI is InChI=1S/C28H35N5O2/c1-20-6-10-22(11-7-20)17-33-19-25(26(31-33)23-12-8-21(2)9-13-23)28(35)30-14-4-16-32-15-3-5-24(18-32)27(29)34/h6-13,19,24H,3-5,14-18H2,1-2H3,(H2,29,34)(H,30,35). The van der Waals surface area contributed by atoms with Gasteiger partial charge in [-0.25, -0.2) is 0 Å². The van der Waals surface area contributed by atoms with Gasteiger partial charge in [-0.1, -0.05) is 59.7 Å². The molecule has 1 aliphatic rings. The van der Waals surface area contributed by atoms with Crippen molar-refractivity contribution in [3.05, 3.63) is 77.0 Å². The summed E-state index contributed by atoms with van der Waals surface area (Å²) in [6.45, 7) is 7.79. The van der Waals surface area contributed by atoms with Gasteiger partial charge in [0.25, 0.3) is 5.91 Å². The molecule has 3 aromatic rings. The number of aromatic nitrogens is 2. The Bertz CT molecular complexity index is 1150. The highest BCUT2D eigenvalue weighted by molar-refractivity contribution is 5.99. The van der Waals surface area contributed by atoms with Gasteiger partial charge in [0.15, 0.2) is 0 Å². The van der Waals surface area contributed by atoms with Gasteiger partial charge in [-0.2, -0.15) is 5.10 Å². The molecule has 0 spiro atoms. The summed E-state index contributed by atoms with van der Waals surface area (Å²) < 4.78 is 1.84. The number of nitrogens with one attached hydrogen (secondary N) is 1. The third-order valence-electron chi connectivity index (χ3n) is 6.64. The average molecular weight is 474 g/mol. The quantitative estimate of drug-likeness (QED) is 0.465. The maximum absolute atomic E-state index is 13.2. The van der Waals surface area contributed by atoms with E-state index in [0.29, 0.717) is 30.9 Å². The Balaban J connectivity index is 1.42. The molecule has 1 aromatic heterocycles. The lowest BCUT2D eigenvalue weighted by Crippen LogP contribution is -2.42. The molecule has 0 radical (unpaired) electrons. The normalized spacial score (nSPS) is 16.2. The molecule has 1 fully saturated rings. The van der Waals surface area contributed by atoms with Gasteiger partial charge in [0.1, 0.15) is 5.69 Å². The van der Waals surface area contributed by atoms with Crippen LogP contribution in [0.5, 0.6) is 0 Å². The van der Waals surface area contributed by atoms with Crippen LogP contribution < -0.4 is 11.1 Å². The number of piperidine rings is 1. The first-order chi connectivity index (χ1) is 16.9. The molecular weight excluding hydrogens is 438 g/mol. The van der Waals surface area contributed by atoms with Crippen LogP contribution in [0.3, 0.4) is 0 Å². The van der Waals surface area contributed by atoms with Gasteiger partial charge in [-0.3, -0.25) is 14.3 Å². The van der Waals surface area contributed by atoms with Crippen molar-refractivity contribution in [1.82, 2.24) is 20.0 Å². The second kappa shape index (κ2) is 11.3. The summed E-state index contributed by atoms with van der Waals surface area (Å²) in [5.41, 5.74) is 11.2. The van der Waals surface area contributed by atoms with Crippen molar-refractivity contribution in [2.45, 2.75) is 39.7 Å². The monoisotopic (exact) mass is 473 g/mol. The molecule has 1 aliphatic heterocycles. The highest BCUT2D eigenvalue weighted by atomic mass is 16.2.